The highest BCUT2D eigenvalue weighted by molar-refractivity contribution is 7.99. The van der Waals surface area contributed by atoms with Crippen LogP contribution in [0.4, 0.5) is 0 Å². The fraction of sp³-hybridized carbons (Fsp3) is 0.562. The number of rotatable bonds is 5. The average molecular weight is 305 g/mol. The lowest BCUT2D eigenvalue weighted by atomic mass is 9.82. The third kappa shape index (κ3) is 3.25. The third-order valence-corrected chi connectivity index (χ3v) is 5.45. The number of likely N-dealkylation sites (N-methyl/N-ethyl adjacent to an activating group) is 1. The highest BCUT2D eigenvalue weighted by Crippen LogP contribution is 2.37. The lowest BCUT2D eigenvalue weighted by molar-refractivity contribution is 0.125. The molecule has 2 aromatic rings. The number of hydrogen-bond acceptors (Lipinski definition) is 4. The van der Waals surface area contributed by atoms with E-state index in [1.165, 1.54) is 6.42 Å². The molecule has 1 heterocycles. The Balaban J connectivity index is 1.71. The van der Waals surface area contributed by atoms with E-state index in [0.717, 1.165) is 42.0 Å². The number of aliphatic hydroxyl groups excluding tert-OH is 1. The molecule has 0 spiro atoms. The summed E-state index contributed by atoms with van der Waals surface area (Å²) in [4.78, 5) is 8.04. The average Bonchev–Trinajstić information content (AvgIpc) is 2.90. The van der Waals surface area contributed by atoms with Crippen molar-refractivity contribution < 1.29 is 5.11 Å². The summed E-state index contributed by atoms with van der Waals surface area (Å²) >= 11 is 1.82. The van der Waals surface area contributed by atoms with Crippen molar-refractivity contribution in [1.82, 2.24) is 15.3 Å². The Morgan fingerprint density at radius 1 is 1.48 bits per heavy atom. The molecule has 2 unspecified atom stereocenters. The summed E-state index contributed by atoms with van der Waals surface area (Å²) < 4.78 is 0. The number of fused-ring (bicyclic) bond motifs is 1. The molecule has 2 atom stereocenters. The van der Waals surface area contributed by atoms with E-state index in [1.807, 2.05) is 30.0 Å². The van der Waals surface area contributed by atoms with Gasteiger partial charge in [-0.2, -0.15) is 0 Å². The monoisotopic (exact) mass is 305 g/mol. The molecule has 3 N–H and O–H groups in total. The first-order chi connectivity index (χ1) is 10.2. The standard InChI is InChI=1S/C16H23N3OS/c1-2-17-16(11-20)9-5-6-12(10-16)21-15-18-13-7-3-4-8-14(13)19-15/h3-4,7-8,12,17,20H,2,5-6,9-11H2,1H3,(H,18,19). The molecule has 4 nitrogen and oxygen atoms in total. The van der Waals surface area contributed by atoms with Crippen LogP contribution in [0.1, 0.15) is 32.6 Å². The van der Waals surface area contributed by atoms with Crippen molar-refractivity contribution in [2.75, 3.05) is 13.2 Å². The van der Waals surface area contributed by atoms with Gasteiger partial charge in [0.25, 0.3) is 0 Å². The highest BCUT2D eigenvalue weighted by atomic mass is 32.2. The van der Waals surface area contributed by atoms with Gasteiger partial charge in [-0.05, 0) is 37.9 Å². The Kier molecular flexibility index (Phi) is 4.52. The zero-order valence-electron chi connectivity index (χ0n) is 12.4. The highest BCUT2D eigenvalue weighted by Gasteiger charge is 2.35. The SMILES string of the molecule is CCNC1(CO)CCCC(Sc2nc3ccccc3[nH]2)C1. The normalized spacial score (nSPS) is 26.3. The maximum absolute atomic E-state index is 9.78. The van der Waals surface area contributed by atoms with Gasteiger partial charge in [-0.3, -0.25) is 0 Å². The van der Waals surface area contributed by atoms with Gasteiger partial charge in [-0.1, -0.05) is 37.2 Å². The largest absolute Gasteiger partial charge is 0.394 e. The first kappa shape index (κ1) is 14.9. The zero-order chi connectivity index (χ0) is 14.7. The van der Waals surface area contributed by atoms with E-state index in [-0.39, 0.29) is 12.1 Å². The van der Waals surface area contributed by atoms with E-state index in [1.54, 1.807) is 0 Å². The molecule has 3 rings (SSSR count). The van der Waals surface area contributed by atoms with Crippen LogP contribution in [0.25, 0.3) is 11.0 Å². The molecule has 114 valence electrons. The Labute approximate surface area is 129 Å². The molecule has 21 heavy (non-hydrogen) atoms. The molecule has 1 aromatic heterocycles. The van der Waals surface area contributed by atoms with Gasteiger partial charge >= 0.3 is 0 Å². The lowest BCUT2D eigenvalue weighted by Gasteiger charge is -2.40. The second-order valence-electron chi connectivity index (χ2n) is 5.86. The van der Waals surface area contributed by atoms with Crippen molar-refractivity contribution in [3.63, 3.8) is 0 Å². The second kappa shape index (κ2) is 6.38. The number of nitrogens with one attached hydrogen (secondary N) is 2. The topological polar surface area (TPSA) is 60.9 Å². The van der Waals surface area contributed by atoms with E-state index >= 15 is 0 Å². The second-order valence-corrected chi connectivity index (χ2v) is 7.15. The minimum atomic E-state index is -0.101. The summed E-state index contributed by atoms with van der Waals surface area (Å²) in [6.07, 6.45) is 4.41. The van der Waals surface area contributed by atoms with Crippen LogP contribution in [0.3, 0.4) is 0 Å². The van der Waals surface area contributed by atoms with E-state index in [9.17, 15) is 5.11 Å². The Morgan fingerprint density at radius 3 is 3.10 bits per heavy atom. The Morgan fingerprint density at radius 2 is 2.33 bits per heavy atom. The minimum Gasteiger partial charge on any atom is -0.394 e. The molecule has 0 aliphatic heterocycles. The number of nitrogens with zero attached hydrogens (tertiary/aromatic N) is 1. The summed E-state index contributed by atoms with van der Waals surface area (Å²) in [5.41, 5.74) is 2.02. The number of hydrogen-bond donors (Lipinski definition) is 3. The number of aliphatic hydroxyl groups is 1. The van der Waals surface area contributed by atoms with Crippen LogP contribution >= 0.6 is 11.8 Å². The molecule has 1 saturated carbocycles. The van der Waals surface area contributed by atoms with Crippen molar-refractivity contribution in [3.8, 4) is 0 Å². The van der Waals surface area contributed by atoms with Crippen LogP contribution < -0.4 is 5.32 Å². The number of benzene rings is 1. The summed E-state index contributed by atoms with van der Waals surface area (Å²) in [5, 5.41) is 14.8. The van der Waals surface area contributed by atoms with Crippen molar-refractivity contribution in [2.24, 2.45) is 0 Å². The summed E-state index contributed by atoms with van der Waals surface area (Å²) in [6, 6.07) is 8.13. The van der Waals surface area contributed by atoms with Crippen molar-refractivity contribution in [3.05, 3.63) is 24.3 Å². The van der Waals surface area contributed by atoms with E-state index < -0.39 is 0 Å². The summed E-state index contributed by atoms with van der Waals surface area (Å²) in [7, 11) is 0. The van der Waals surface area contributed by atoms with Gasteiger partial charge in [0.05, 0.1) is 17.6 Å². The van der Waals surface area contributed by atoms with Gasteiger partial charge in [0, 0.05) is 10.8 Å². The van der Waals surface area contributed by atoms with Gasteiger partial charge in [-0.25, -0.2) is 4.98 Å². The Hall–Kier alpha value is -1.04. The molecule has 1 aliphatic carbocycles. The number of H-pyrrole nitrogens is 1. The molecule has 1 fully saturated rings. The molecule has 0 bridgehead atoms. The predicted molar refractivity (Wildman–Crippen MR) is 87.7 cm³/mol. The minimum absolute atomic E-state index is 0.101. The molecule has 1 aliphatic rings. The zero-order valence-corrected chi connectivity index (χ0v) is 13.2. The van der Waals surface area contributed by atoms with Crippen LogP contribution in [-0.4, -0.2) is 39.0 Å². The van der Waals surface area contributed by atoms with Crippen LogP contribution in [-0.2, 0) is 0 Å². The molecular formula is C16H23N3OS. The third-order valence-electron chi connectivity index (χ3n) is 4.30. The van der Waals surface area contributed by atoms with Crippen molar-refractivity contribution in [1.29, 1.82) is 0 Å². The number of aromatic nitrogens is 2. The van der Waals surface area contributed by atoms with E-state index in [0.29, 0.717) is 5.25 Å². The fourth-order valence-electron chi connectivity index (χ4n) is 3.29. The first-order valence-corrected chi connectivity index (χ1v) is 8.60. The van der Waals surface area contributed by atoms with Gasteiger partial charge in [0.1, 0.15) is 0 Å². The number of aromatic amines is 1. The van der Waals surface area contributed by atoms with Crippen LogP contribution in [0.5, 0.6) is 0 Å². The van der Waals surface area contributed by atoms with Gasteiger partial charge in [0.15, 0.2) is 5.16 Å². The first-order valence-electron chi connectivity index (χ1n) is 7.72. The van der Waals surface area contributed by atoms with Crippen molar-refractivity contribution in [2.45, 2.75) is 48.6 Å². The maximum atomic E-state index is 9.78. The predicted octanol–water partition coefficient (Wildman–Crippen LogP) is 2.94. The van der Waals surface area contributed by atoms with Gasteiger partial charge in [0.2, 0.25) is 0 Å². The molecular weight excluding hydrogens is 282 g/mol. The number of para-hydroxylation sites is 2. The maximum Gasteiger partial charge on any atom is 0.166 e. The molecule has 0 saturated heterocycles. The number of thioether (sulfide) groups is 1. The van der Waals surface area contributed by atoms with Crippen LogP contribution in [0.15, 0.2) is 29.4 Å². The lowest BCUT2D eigenvalue weighted by Crippen LogP contribution is -2.52. The Bertz CT molecular complexity index is 563. The smallest absolute Gasteiger partial charge is 0.166 e. The molecule has 5 heteroatoms. The summed E-state index contributed by atoms with van der Waals surface area (Å²) in [6.45, 7) is 3.23. The molecule has 0 amide bonds. The van der Waals surface area contributed by atoms with E-state index in [2.05, 4.69) is 28.3 Å². The van der Waals surface area contributed by atoms with Crippen molar-refractivity contribution >= 4 is 22.8 Å². The van der Waals surface area contributed by atoms with Gasteiger partial charge in [-0.15, -0.1) is 0 Å². The fourth-order valence-corrected chi connectivity index (χ4v) is 4.61. The van der Waals surface area contributed by atoms with Crippen LogP contribution in [0.2, 0.25) is 0 Å². The quantitative estimate of drug-likeness (QED) is 0.795. The number of imidazole rings is 1. The molecule has 0 radical (unpaired) electrons. The van der Waals surface area contributed by atoms with Gasteiger partial charge < -0.3 is 15.4 Å². The van der Waals surface area contributed by atoms with Crippen LogP contribution in [0, 0.1) is 0 Å². The molecule has 1 aromatic carbocycles. The summed E-state index contributed by atoms with van der Waals surface area (Å²) in [5.74, 6) is 0. The van der Waals surface area contributed by atoms with E-state index in [4.69, 9.17) is 0 Å².